The number of thiophene rings is 1. The smallest absolute Gasteiger partial charge is 0.0577 e. The van der Waals surface area contributed by atoms with Crippen LogP contribution in [0.5, 0.6) is 0 Å². The Morgan fingerprint density at radius 3 is 2.63 bits per heavy atom. The first-order chi connectivity index (χ1) is 9.24. The Hall–Kier alpha value is -1.09. The van der Waals surface area contributed by atoms with Crippen LogP contribution < -0.4 is 0 Å². The minimum Gasteiger partial charge on any atom is -0.135 e. The molecule has 0 nitrogen and oxygen atoms in total. The Labute approximate surface area is 127 Å². The van der Waals surface area contributed by atoms with E-state index in [2.05, 4.69) is 58.4 Å². The van der Waals surface area contributed by atoms with Gasteiger partial charge in [0.05, 0.1) is 5.02 Å². The number of hydrogen-bond acceptors (Lipinski definition) is 1. The van der Waals surface area contributed by atoms with Crippen molar-refractivity contribution in [3.63, 3.8) is 0 Å². The van der Waals surface area contributed by atoms with Gasteiger partial charge in [-0.3, -0.25) is 0 Å². The summed E-state index contributed by atoms with van der Waals surface area (Å²) in [5.74, 6) is 0. The van der Waals surface area contributed by atoms with Gasteiger partial charge in [0.2, 0.25) is 0 Å². The van der Waals surface area contributed by atoms with Crippen LogP contribution in [0.25, 0.3) is 30.9 Å². The summed E-state index contributed by atoms with van der Waals surface area (Å²) >= 11 is 12.0. The standard InChI is InChI=1S/C16H8BrClS/c17-10-5-6-13-12(8-10)15-14(19-13)7-9-3-1-2-4-11(9)16(15)18/h1-8H. The number of halogens is 2. The summed E-state index contributed by atoms with van der Waals surface area (Å²) in [6.07, 6.45) is 0. The average Bonchev–Trinajstić information content (AvgIpc) is 2.76. The second kappa shape index (κ2) is 4.20. The molecule has 0 saturated heterocycles. The molecule has 1 heterocycles. The van der Waals surface area contributed by atoms with Crippen LogP contribution in [0.4, 0.5) is 0 Å². The number of hydrogen-bond donors (Lipinski definition) is 0. The van der Waals surface area contributed by atoms with Crippen LogP contribution in [0.2, 0.25) is 5.02 Å². The van der Waals surface area contributed by atoms with Gasteiger partial charge in [-0.1, -0.05) is 51.8 Å². The molecular weight excluding hydrogens is 340 g/mol. The maximum Gasteiger partial charge on any atom is 0.0577 e. The average molecular weight is 348 g/mol. The molecule has 1 aromatic heterocycles. The van der Waals surface area contributed by atoms with Gasteiger partial charge in [0.1, 0.15) is 0 Å². The molecule has 3 heteroatoms. The van der Waals surface area contributed by atoms with Gasteiger partial charge in [0, 0.05) is 30.0 Å². The Balaban J connectivity index is 2.31. The van der Waals surface area contributed by atoms with Crippen molar-refractivity contribution in [2.75, 3.05) is 0 Å². The molecule has 0 amide bonds. The minimum absolute atomic E-state index is 0.859. The SMILES string of the molecule is Clc1c2ccccc2cc2sc3ccc(Br)cc3c12. The fraction of sp³-hybridized carbons (Fsp3) is 0. The molecule has 0 bridgehead atoms. The van der Waals surface area contributed by atoms with Gasteiger partial charge < -0.3 is 0 Å². The van der Waals surface area contributed by atoms with Crippen LogP contribution in [0.1, 0.15) is 0 Å². The Morgan fingerprint density at radius 2 is 1.74 bits per heavy atom. The molecule has 19 heavy (non-hydrogen) atoms. The zero-order valence-corrected chi connectivity index (χ0v) is 12.9. The van der Waals surface area contributed by atoms with Gasteiger partial charge in [-0.05, 0) is 29.7 Å². The molecular formula is C16H8BrClS. The summed E-state index contributed by atoms with van der Waals surface area (Å²) in [5.41, 5.74) is 0. The summed E-state index contributed by atoms with van der Waals surface area (Å²) in [6, 6.07) is 16.9. The second-order valence-corrected chi connectivity index (χ2v) is 6.90. The van der Waals surface area contributed by atoms with Crippen molar-refractivity contribution < 1.29 is 0 Å². The van der Waals surface area contributed by atoms with E-state index in [-0.39, 0.29) is 0 Å². The molecule has 0 atom stereocenters. The molecule has 0 aliphatic carbocycles. The summed E-state index contributed by atoms with van der Waals surface area (Å²) in [7, 11) is 0. The third-order valence-electron chi connectivity index (χ3n) is 3.38. The van der Waals surface area contributed by atoms with E-state index in [9.17, 15) is 0 Å². The Bertz CT molecular complexity index is 940. The van der Waals surface area contributed by atoms with Crippen molar-refractivity contribution in [3.05, 3.63) is 58.0 Å². The highest BCUT2D eigenvalue weighted by Gasteiger charge is 2.12. The third-order valence-corrected chi connectivity index (χ3v) is 5.38. The van der Waals surface area contributed by atoms with E-state index in [1.807, 2.05) is 6.07 Å². The normalized spacial score (nSPS) is 11.7. The van der Waals surface area contributed by atoms with Gasteiger partial charge >= 0.3 is 0 Å². The van der Waals surface area contributed by atoms with Crippen molar-refractivity contribution in [2.45, 2.75) is 0 Å². The lowest BCUT2D eigenvalue weighted by Gasteiger charge is -2.02. The number of benzene rings is 3. The molecule has 3 aromatic carbocycles. The van der Waals surface area contributed by atoms with Crippen LogP contribution >= 0.6 is 38.9 Å². The van der Waals surface area contributed by atoms with Gasteiger partial charge in [0.25, 0.3) is 0 Å². The summed E-state index contributed by atoms with van der Waals surface area (Å²) in [5, 5.41) is 5.58. The lowest BCUT2D eigenvalue weighted by Crippen LogP contribution is -1.75. The summed E-state index contributed by atoms with van der Waals surface area (Å²) < 4.78 is 3.61. The molecule has 0 saturated carbocycles. The van der Waals surface area contributed by atoms with Gasteiger partial charge in [-0.2, -0.15) is 0 Å². The predicted molar refractivity (Wildman–Crippen MR) is 89.5 cm³/mol. The van der Waals surface area contributed by atoms with Crippen molar-refractivity contribution in [2.24, 2.45) is 0 Å². The van der Waals surface area contributed by atoms with Crippen molar-refractivity contribution in [1.29, 1.82) is 0 Å². The molecule has 0 N–H and O–H groups in total. The highest BCUT2D eigenvalue weighted by Crippen LogP contribution is 2.42. The number of fused-ring (bicyclic) bond motifs is 4. The largest absolute Gasteiger partial charge is 0.135 e. The Kier molecular flexibility index (Phi) is 2.59. The molecule has 4 aromatic rings. The van der Waals surface area contributed by atoms with Crippen molar-refractivity contribution in [1.82, 2.24) is 0 Å². The lowest BCUT2D eigenvalue weighted by atomic mass is 10.1. The van der Waals surface area contributed by atoms with Gasteiger partial charge in [0.15, 0.2) is 0 Å². The molecule has 4 rings (SSSR count). The minimum atomic E-state index is 0.859. The maximum absolute atomic E-state index is 6.64. The molecule has 0 spiro atoms. The van der Waals surface area contributed by atoms with Gasteiger partial charge in [-0.15, -0.1) is 11.3 Å². The highest BCUT2D eigenvalue weighted by molar-refractivity contribution is 9.10. The van der Waals surface area contributed by atoms with Gasteiger partial charge in [-0.25, -0.2) is 0 Å². The van der Waals surface area contributed by atoms with E-state index in [1.54, 1.807) is 11.3 Å². The van der Waals surface area contributed by atoms with Crippen LogP contribution in [0.15, 0.2) is 53.0 Å². The molecule has 0 aliphatic rings. The van der Waals surface area contributed by atoms with Crippen LogP contribution in [0, 0.1) is 0 Å². The highest BCUT2D eigenvalue weighted by atomic mass is 79.9. The van der Waals surface area contributed by atoms with Crippen LogP contribution in [0.3, 0.4) is 0 Å². The van der Waals surface area contributed by atoms with Crippen LogP contribution in [-0.2, 0) is 0 Å². The van der Waals surface area contributed by atoms with E-state index in [4.69, 9.17) is 11.6 Å². The molecule has 92 valence electrons. The van der Waals surface area contributed by atoms with Crippen molar-refractivity contribution in [3.8, 4) is 0 Å². The van der Waals surface area contributed by atoms with E-state index >= 15 is 0 Å². The van der Waals surface area contributed by atoms with E-state index in [1.165, 1.54) is 25.6 Å². The monoisotopic (exact) mass is 346 g/mol. The summed E-state index contributed by atoms with van der Waals surface area (Å²) in [6.45, 7) is 0. The first-order valence-electron chi connectivity index (χ1n) is 5.93. The molecule has 0 aliphatic heterocycles. The fourth-order valence-electron chi connectivity index (χ4n) is 2.52. The zero-order valence-electron chi connectivity index (χ0n) is 9.78. The fourth-order valence-corrected chi connectivity index (χ4v) is 4.45. The lowest BCUT2D eigenvalue weighted by molar-refractivity contribution is 1.77. The second-order valence-electron chi connectivity index (χ2n) is 4.53. The summed E-state index contributed by atoms with van der Waals surface area (Å²) in [4.78, 5) is 0. The van der Waals surface area contributed by atoms with E-state index < -0.39 is 0 Å². The molecule has 0 radical (unpaired) electrons. The maximum atomic E-state index is 6.64. The number of rotatable bonds is 0. The molecule has 0 unspecified atom stereocenters. The van der Waals surface area contributed by atoms with E-state index in [0.717, 1.165) is 14.9 Å². The predicted octanol–water partition coefficient (Wildman–Crippen LogP) is 6.62. The first-order valence-corrected chi connectivity index (χ1v) is 7.92. The topological polar surface area (TPSA) is 0 Å². The van der Waals surface area contributed by atoms with Crippen molar-refractivity contribution >= 4 is 69.8 Å². The zero-order chi connectivity index (χ0) is 13.0. The Morgan fingerprint density at radius 1 is 0.895 bits per heavy atom. The third kappa shape index (κ3) is 1.71. The van der Waals surface area contributed by atoms with Crippen LogP contribution in [-0.4, -0.2) is 0 Å². The molecule has 0 fully saturated rings. The quantitative estimate of drug-likeness (QED) is 0.335. The first kappa shape index (κ1) is 11.7. The van der Waals surface area contributed by atoms with E-state index in [0.29, 0.717) is 0 Å².